The predicted molar refractivity (Wildman–Crippen MR) is 65.8 cm³/mol. The molecule has 90 valence electrons. The Morgan fingerprint density at radius 2 is 2.24 bits per heavy atom. The van der Waals surface area contributed by atoms with Crippen LogP contribution in [0.1, 0.15) is 25.0 Å². The molecule has 0 fully saturated rings. The molecule has 0 radical (unpaired) electrons. The van der Waals surface area contributed by atoms with Crippen molar-refractivity contribution in [1.29, 1.82) is 5.26 Å². The summed E-state index contributed by atoms with van der Waals surface area (Å²) >= 11 is 0. The second kappa shape index (κ2) is 5.46. The molecule has 0 aliphatic rings. The van der Waals surface area contributed by atoms with Crippen molar-refractivity contribution < 1.29 is 4.79 Å². The Labute approximate surface area is 101 Å². The minimum absolute atomic E-state index is 0.323. The second-order valence-electron chi connectivity index (χ2n) is 4.66. The van der Waals surface area contributed by atoms with E-state index in [0.717, 1.165) is 5.56 Å². The summed E-state index contributed by atoms with van der Waals surface area (Å²) in [6.07, 6.45) is 0. The van der Waals surface area contributed by atoms with E-state index < -0.39 is 5.41 Å². The summed E-state index contributed by atoms with van der Waals surface area (Å²) in [6.45, 7) is 4.73. The lowest BCUT2D eigenvalue weighted by molar-refractivity contribution is -0.125. The van der Waals surface area contributed by atoms with Gasteiger partial charge in [0, 0.05) is 13.1 Å². The fraction of sp³-hybridized carbons (Fsp3) is 0.385. The number of carbonyl (C=O) groups is 1. The number of rotatable bonds is 5. The molecule has 1 aromatic rings. The van der Waals surface area contributed by atoms with Gasteiger partial charge in [-0.15, -0.1) is 0 Å². The number of nitrogens with two attached hydrogens (primary N) is 1. The van der Waals surface area contributed by atoms with Gasteiger partial charge in [0.05, 0.1) is 17.0 Å². The van der Waals surface area contributed by atoms with Crippen LogP contribution < -0.4 is 11.1 Å². The lowest BCUT2D eigenvalue weighted by Crippen LogP contribution is -2.40. The van der Waals surface area contributed by atoms with Crippen molar-refractivity contribution in [1.82, 2.24) is 5.32 Å². The molecule has 0 unspecified atom stereocenters. The van der Waals surface area contributed by atoms with Crippen molar-refractivity contribution >= 4 is 5.91 Å². The zero-order valence-corrected chi connectivity index (χ0v) is 10.2. The van der Waals surface area contributed by atoms with Crippen LogP contribution in [-0.4, -0.2) is 12.5 Å². The summed E-state index contributed by atoms with van der Waals surface area (Å²) in [4.78, 5) is 11.1. The molecule has 0 spiro atoms. The van der Waals surface area contributed by atoms with E-state index in [1.54, 1.807) is 19.9 Å². The van der Waals surface area contributed by atoms with Crippen LogP contribution in [0, 0.1) is 16.7 Å². The van der Waals surface area contributed by atoms with Gasteiger partial charge >= 0.3 is 0 Å². The van der Waals surface area contributed by atoms with Crippen molar-refractivity contribution in [3.63, 3.8) is 0 Å². The van der Waals surface area contributed by atoms with Gasteiger partial charge in [-0.1, -0.05) is 12.1 Å². The van der Waals surface area contributed by atoms with Crippen LogP contribution in [0.25, 0.3) is 0 Å². The molecule has 3 N–H and O–H groups in total. The minimum Gasteiger partial charge on any atom is -0.369 e. The average molecular weight is 231 g/mol. The van der Waals surface area contributed by atoms with E-state index in [9.17, 15) is 4.79 Å². The van der Waals surface area contributed by atoms with Crippen molar-refractivity contribution in [3.8, 4) is 6.07 Å². The summed E-state index contributed by atoms with van der Waals surface area (Å²) in [5, 5.41) is 11.9. The van der Waals surface area contributed by atoms with Gasteiger partial charge in [-0.2, -0.15) is 5.26 Å². The third-order valence-corrected chi connectivity index (χ3v) is 2.62. The maximum Gasteiger partial charge on any atom is 0.224 e. The van der Waals surface area contributed by atoms with E-state index in [-0.39, 0.29) is 5.91 Å². The molecule has 0 saturated carbocycles. The maximum absolute atomic E-state index is 11.1. The molecule has 0 aliphatic heterocycles. The zero-order valence-electron chi connectivity index (χ0n) is 10.2. The molecule has 1 amide bonds. The van der Waals surface area contributed by atoms with E-state index >= 15 is 0 Å². The number of benzene rings is 1. The summed E-state index contributed by atoms with van der Waals surface area (Å²) < 4.78 is 0. The molecular weight excluding hydrogens is 214 g/mol. The first kappa shape index (κ1) is 13.2. The van der Waals surface area contributed by atoms with Crippen LogP contribution in [0.4, 0.5) is 0 Å². The summed E-state index contributed by atoms with van der Waals surface area (Å²) in [5.41, 5.74) is 6.37. The normalized spacial score (nSPS) is 10.9. The van der Waals surface area contributed by atoms with Crippen molar-refractivity contribution in [2.24, 2.45) is 11.1 Å². The standard InChI is InChI=1S/C13H17N3O/c1-13(2,12(15)17)9-16-8-11-5-3-4-10(6-11)7-14/h3-6,16H,8-9H2,1-2H3,(H2,15,17). The van der Waals surface area contributed by atoms with Gasteiger partial charge in [-0.25, -0.2) is 0 Å². The van der Waals surface area contributed by atoms with Gasteiger partial charge in [0.15, 0.2) is 0 Å². The monoisotopic (exact) mass is 231 g/mol. The van der Waals surface area contributed by atoms with Crippen molar-refractivity contribution in [3.05, 3.63) is 35.4 Å². The first-order valence-electron chi connectivity index (χ1n) is 5.45. The predicted octanol–water partition coefficient (Wildman–Crippen LogP) is 1.16. The Morgan fingerprint density at radius 1 is 1.53 bits per heavy atom. The van der Waals surface area contributed by atoms with Gasteiger partial charge in [-0.05, 0) is 31.5 Å². The lowest BCUT2D eigenvalue weighted by atomic mass is 9.93. The lowest BCUT2D eigenvalue weighted by Gasteiger charge is -2.20. The molecule has 17 heavy (non-hydrogen) atoms. The van der Waals surface area contributed by atoms with Crippen LogP contribution in [0.15, 0.2) is 24.3 Å². The quantitative estimate of drug-likeness (QED) is 0.798. The number of hydrogen-bond acceptors (Lipinski definition) is 3. The largest absolute Gasteiger partial charge is 0.369 e. The van der Waals surface area contributed by atoms with E-state index in [4.69, 9.17) is 11.0 Å². The molecule has 0 aromatic heterocycles. The summed E-state index contributed by atoms with van der Waals surface area (Å²) in [6, 6.07) is 9.45. The minimum atomic E-state index is -0.563. The number of nitrogens with one attached hydrogen (secondary N) is 1. The number of nitrogens with zero attached hydrogens (tertiary/aromatic N) is 1. The molecule has 0 heterocycles. The fourth-order valence-electron chi connectivity index (χ4n) is 1.36. The highest BCUT2D eigenvalue weighted by atomic mass is 16.1. The third-order valence-electron chi connectivity index (χ3n) is 2.62. The number of nitriles is 1. The second-order valence-corrected chi connectivity index (χ2v) is 4.66. The maximum atomic E-state index is 11.1. The zero-order chi connectivity index (χ0) is 12.9. The van der Waals surface area contributed by atoms with E-state index in [1.807, 2.05) is 18.2 Å². The van der Waals surface area contributed by atoms with E-state index in [1.165, 1.54) is 0 Å². The highest BCUT2D eigenvalue weighted by Gasteiger charge is 2.23. The molecule has 4 nitrogen and oxygen atoms in total. The molecule has 0 bridgehead atoms. The van der Waals surface area contributed by atoms with Gasteiger partial charge in [-0.3, -0.25) is 4.79 Å². The Kier molecular flexibility index (Phi) is 4.24. The number of amides is 1. The topological polar surface area (TPSA) is 78.9 Å². The molecule has 0 aliphatic carbocycles. The Hall–Kier alpha value is -1.86. The number of primary amides is 1. The highest BCUT2D eigenvalue weighted by Crippen LogP contribution is 2.12. The van der Waals surface area contributed by atoms with Gasteiger partial charge in [0.1, 0.15) is 0 Å². The van der Waals surface area contributed by atoms with Crippen LogP contribution in [0.5, 0.6) is 0 Å². The molecule has 0 saturated heterocycles. The van der Waals surface area contributed by atoms with E-state index in [0.29, 0.717) is 18.7 Å². The van der Waals surface area contributed by atoms with Crippen molar-refractivity contribution in [2.75, 3.05) is 6.54 Å². The molecular formula is C13H17N3O. The molecule has 0 atom stereocenters. The van der Waals surface area contributed by atoms with Crippen LogP contribution in [-0.2, 0) is 11.3 Å². The number of hydrogen-bond donors (Lipinski definition) is 2. The summed E-state index contributed by atoms with van der Waals surface area (Å²) in [5.74, 6) is -0.323. The first-order valence-corrected chi connectivity index (χ1v) is 5.45. The van der Waals surface area contributed by atoms with Crippen molar-refractivity contribution in [2.45, 2.75) is 20.4 Å². The van der Waals surface area contributed by atoms with Crippen LogP contribution >= 0.6 is 0 Å². The SMILES string of the molecule is CC(C)(CNCc1cccc(C#N)c1)C(N)=O. The Morgan fingerprint density at radius 3 is 2.82 bits per heavy atom. The van der Waals surface area contributed by atoms with Gasteiger partial charge < -0.3 is 11.1 Å². The Bertz CT molecular complexity index is 446. The Balaban J connectivity index is 2.52. The van der Waals surface area contributed by atoms with Gasteiger partial charge in [0.25, 0.3) is 0 Å². The van der Waals surface area contributed by atoms with Crippen LogP contribution in [0.2, 0.25) is 0 Å². The van der Waals surface area contributed by atoms with Gasteiger partial charge in [0.2, 0.25) is 5.91 Å². The molecule has 1 aromatic carbocycles. The average Bonchev–Trinajstić information content (AvgIpc) is 2.29. The smallest absolute Gasteiger partial charge is 0.224 e. The highest BCUT2D eigenvalue weighted by molar-refractivity contribution is 5.80. The molecule has 1 rings (SSSR count). The first-order chi connectivity index (χ1) is 7.95. The van der Waals surface area contributed by atoms with Crippen LogP contribution in [0.3, 0.4) is 0 Å². The number of carbonyl (C=O) groups excluding carboxylic acids is 1. The molecule has 4 heteroatoms. The summed E-state index contributed by atoms with van der Waals surface area (Å²) in [7, 11) is 0. The fourth-order valence-corrected chi connectivity index (χ4v) is 1.36. The third kappa shape index (κ3) is 3.89. The van der Waals surface area contributed by atoms with E-state index in [2.05, 4.69) is 11.4 Å².